The third-order valence-electron chi connectivity index (χ3n) is 5.93. The van der Waals surface area contributed by atoms with E-state index in [9.17, 15) is 19.2 Å². The van der Waals surface area contributed by atoms with E-state index >= 15 is 0 Å². The van der Waals surface area contributed by atoms with Crippen molar-refractivity contribution in [2.75, 3.05) is 7.11 Å². The van der Waals surface area contributed by atoms with Gasteiger partial charge in [0.1, 0.15) is 4.70 Å². The van der Waals surface area contributed by atoms with Gasteiger partial charge in [-0.15, -0.1) is 11.3 Å². The first-order valence-corrected chi connectivity index (χ1v) is 11.9. The summed E-state index contributed by atoms with van der Waals surface area (Å²) in [4.78, 5) is 32.2. The third kappa shape index (κ3) is 3.57. The van der Waals surface area contributed by atoms with Crippen molar-refractivity contribution in [3.63, 3.8) is 0 Å². The largest absolute Gasteiger partial charge is 0.494 e. The molecule has 4 aromatic heterocycles. The molecule has 0 N–H and O–H groups in total. The normalized spacial score (nSPS) is 11.3. The number of nitrogens with zero attached hydrogens (tertiary/aromatic N) is 6. The first kappa shape index (κ1) is 23.7. The van der Waals surface area contributed by atoms with Crippen LogP contribution in [-0.4, -0.2) is 31.0 Å². The molecule has 36 heavy (non-hydrogen) atoms. The van der Waals surface area contributed by atoms with Crippen LogP contribution in [0.5, 0.6) is 5.75 Å². The second kappa shape index (κ2) is 8.89. The van der Waals surface area contributed by atoms with E-state index in [4.69, 9.17) is 16.3 Å². The number of methoxy groups -OCH3 is 1. The quantitative estimate of drug-likeness (QED) is 0.341. The monoisotopic (exact) mass is 524 g/mol. The van der Waals surface area contributed by atoms with Crippen molar-refractivity contribution in [1.29, 1.82) is 5.26 Å². The molecule has 5 rings (SSSR count). The molecule has 0 saturated carbocycles. The molecule has 0 bridgehead atoms. The first-order valence-electron chi connectivity index (χ1n) is 10.7. The van der Waals surface area contributed by atoms with E-state index in [-0.39, 0.29) is 34.1 Å². The number of benzene rings is 1. The molecule has 9 nitrogen and oxygen atoms in total. The zero-order valence-electron chi connectivity index (χ0n) is 19.4. The highest BCUT2D eigenvalue weighted by molar-refractivity contribution is 7.22. The van der Waals surface area contributed by atoms with Crippen LogP contribution in [-0.2, 0) is 13.6 Å². The second-order valence-electron chi connectivity index (χ2n) is 8.04. The summed E-state index contributed by atoms with van der Waals surface area (Å²) in [6.07, 6.45) is 3.13. The highest BCUT2D eigenvalue weighted by atomic mass is 35.5. The minimum absolute atomic E-state index is 0.00420. The molecular weight excluding hydrogens is 507 g/mol. The molecule has 0 spiro atoms. The lowest BCUT2D eigenvalue weighted by Gasteiger charge is -2.12. The maximum atomic E-state index is 14.1. The molecule has 0 saturated heterocycles. The molecule has 182 valence electrons. The predicted octanol–water partition coefficient (Wildman–Crippen LogP) is 4.19. The lowest BCUT2D eigenvalue weighted by Crippen LogP contribution is -2.38. The number of halogens is 2. The van der Waals surface area contributed by atoms with E-state index in [2.05, 4.69) is 10.1 Å². The van der Waals surface area contributed by atoms with Gasteiger partial charge in [-0.1, -0.05) is 11.6 Å². The van der Waals surface area contributed by atoms with Crippen molar-refractivity contribution < 1.29 is 9.13 Å². The van der Waals surface area contributed by atoms with E-state index in [1.165, 1.54) is 23.9 Å². The van der Waals surface area contributed by atoms with Crippen LogP contribution in [0, 0.1) is 24.1 Å². The zero-order valence-corrected chi connectivity index (χ0v) is 20.9. The third-order valence-corrected chi connectivity index (χ3v) is 7.39. The summed E-state index contributed by atoms with van der Waals surface area (Å²) in [6, 6.07) is 6.28. The number of thiophene rings is 1. The molecule has 0 aliphatic carbocycles. The number of pyridine rings is 1. The second-order valence-corrected chi connectivity index (χ2v) is 9.50. The number of rotatable bonds is 5. The summed E-state index contributed by atoms with van der Waals surface area (Å²) in [5.41, 5.74) is 1.23. The summed E-state index contributed by atoms with van der Waals surface area (Å²) in [7, 11) is 3.07. The number of fused-ring (bicyclic) bond motifs is 2. The number of ether oxygens (including phenoxy) is 1. The Morgan fingerprint density at radius 3 is 2.75 bits per heavy atom. The summed E-state index contributed by atoms with van der Waals surface area (Å²) in [5, 5.41) is 14.4. The fourth-order valence-electron chi connectivity index (χ4n) is 4.28. The summed E-state index contributed by atoms with van der Waals surface area (Å²) < 4.78 is 23.5. The molecule has 12 heteroatoms. The van der Waals surface area contributed by atoms with Crippen LogP contribution in [0.15, 0.2) is 40.2 Å². The van der Waals surface area contributed by atoms with Crippen LogP contribution in [0.3, 0.4) is 0 Å². The van der Waals surface area contributed by atoms with E-state index in [1.807, 2.05) is 13.0 Å². The Morgan fingerprint density at radius 2 is 2.03 bits per heavy atom. The van der Waals surface area contributed by atoms with Gasteiger partial charge in [-0.25, -0.2) is 13.8 Å². The van der Waals surface area contributed by atoms with Crippen molar-refractivity contribution in [2.24, 2.45) is 7.05 Å². The Balaban J connectivity index is 1.86. The lowest BCUT2D eigenvalue weighted by molar-refractivity contribution is 0.387. The van der Waals surface area contributed by atoms with Crippen LogP contribution >= 0.6 is 22.9 Å². The van der Waals surface area contributed by atoms with Crippen molar-refractivity contribution in [3.8, 4) is 27.9 Å². The van der Waals surface area contributed by atoms with Gasteiger partial charge < -0.3 is 4.74 Å². The molecule has 0 radical (unpaired) electrons. The van der Waals surface area contributed by atoms with Crippen molar-refractivity contribution in [1.82, 2.24) is 23.9 Å². The fourth-order valence-corrected chi connectivity index (χ4v) is 5.71. The Kier molecular flexibility index (Phi) is 5.86. The maximum absolute atomic E-state index is 14.1. The van der Waals surface area contributed by atoms with Gasteiger partial charge in [0, 0.05) is 35.6 Å². The molecule has 1 aromatic carbocycles. The summed E-state index contributed by atoms with van der Waals surface area (Å²) >= 11 is 7.44. The summed E-state index contributed by atoms with van der Waals surface area (Å²) in [5.74, 6) is -0.622. The Bertz CT molecular complexity index is 1850. The van der Waals surface area contributed by atoms with Crippen LogP contribution in [0.4, 0.5) is 4.39 Å². The SMILES string of the molecule is COc1cc(-c2cc3c(s2)c(=O)n(-c2cncc4c(C)nn(C)c24)c(=O)n3CCC#N)c(Cl)cc1F. The van der Waals surface area contributed by atoms with Crippen LogP contribution in [0.25, 0.3) is 37.2 Å². The molecule has 0 atom stereocenters. The summed E-state index contributed by atoms with van der Waals surface area (Å²) in [6.45, 7) is 1.88. The van der Waals surface area contributed by atoms with Crippen LogP contribution in [0.1, 0.15) is 12.1 Å². The Labute approximate surface area is 212 Å². The van der Waals surface area contributed by atoms with Gasteiger partial charge in [-0.05, 0) is 25.1 Å². The number of hydrogen-bond donors (Lipinski definition) is 0. The van der Waals surface area contributed by atoms with Gasteiger partial charge in [-0.3, -0.25) is 19.0 Å². The number of nitriles is 1. The van der Waals surface area contributed by atoms with Crippen LogP contribution in [0.2, 0.25) is 5.02 Å². The number of aromatic nitrogens is 5. The lowest BCUT2D eigenvalue weighted by atomic mass is 10.1. The zero-order chi connectivity index (χ0) is 25.7. The average molecular weight is 525 g/mol. The van der Waals surface area contributed by atoms with Gasteiger partial charge in [0.05, 0.1) is 53.2 Å². The molecule has 0 amide bonds. The van der Waals surface area contributed by atoms with Gasteiger partial charge >= 0.3 is 5.69 Å². The predicted molar refractivity (Wildman–Crippen MR) is 136 cm³/mol. The maximum Gasteiger partial charge on any atom is 0.336 e. The number of aryl methyl sites for hydroxylation is 3. The minimum Gasteiger partial charge on any atom is -0.494 e. The molecular formula is C24H18ClFN6O3S. The highest BCUT2D eigenvalue weighted by Gasteiger charge is 2.22. The van der Waals surface area contributed by atoms with Gasteiger partial charge in [0.15, 0.2) is 11.6 Å². The molecule has 0 aliphatic heterocycles. The molecule has 0 unspecified atom stereocenters. The van der Waals surface area contributed by atoms with Gasteiger partial charge in [-0.2, -0.15) is 10.4 Å². The topological polar surface area (TPSA) is 108 Å². The van der Waals surface area contributed by atoms with E-state index < -0.39 is 17.1 Å². The standard InChI is InChI=1S/C24H18ClFN6O3S/c1-12-14-10-28-11-18(21(14)30(2)29-12)32-23(33)22-17(31(24(32)34)6-4-5-27)9-20(36-22)13-7-19(35-3)16(26)8-15(13)25/h7-11H,4,6H2,1-3H3. The first-order chi connectivity index (χ1) is 17.3. The van der Waals surface area contributed by atoms with E-state index in [1.54, 1.807) is 24.0 Å². The van der Waals surface area contributed by atoms with E-state index in [0.29, 0.717) is 32.6 Å². The van der Waals surface area contributed by atoms with Crippen molar-refractivity contribution in [2.45, 2.75) is 19.9 Å². The average Bonchev–Trinajstić information content (AvgIpc) is 3.41. The number of hydrogen-bond acceptors (Lipinski definition) is 7. The van der Waals surface area contributed by atoms with Gasteiger partial charge in [0.25, 0.3) is 5.56 Å². The smallest absolute Gasteiger partial charge is 0.336 e. The highest BCUT2D eigenvalue weighted by Crippen LogP contribution is 2.39. The molecule has 0 aliphatic rings. The molecule has 4 heterocycles. The van der Waals surface area contributed by atoms with Crippen LogP contribution < -0.4 is 16.0 Å². The molecule has 5 aromatic rings. The van der Waals surface area contributed by atoms with Crippen molar-refractivity contribution in [3.05, 3.63) is 68.0 Å². The Hall–Kier alpha value is -4.01. The Morgan fingerprint density at radius 1 is 1.25 bits per heavy atom. The minimum atomic E-state index is -0.618. The van der Waals surface area contributed by atoms with Crippen molar-refractivity contribution >= 4 is 44.1 Å². The van der Waals surface area contributed by atoms with Gasteiger partial charge in [0.2, 0.25) is 0 Å². The fraction of sp³-hybridized carbons (Fsp3) is 0.208. The van der Waals surface area contributed by atoms with E-state index in [0.717, 1.165) is 22.0 Å². The molecule has 0 fully saturated rings.